The third-order valence-corrected chi connectivity index (χ3v) is 7.46. The van der Waals surface area contributed by atoms with Crippen LogP contribution in [-0.4, -0.2) is 20.0 Å². The summed E-state index contributed by atoms with van der Waals surface area (Å²) in [5, 5.41) is 0. The smallest absolute Gasteiger partial charge is 0.137 e. The maximum absolute atomic E-state index is 5.95. The Morgan fingerprint density at radius 1 is 1.53 bits per heavy atom. The van der Waals surface area contributed by atoms with Gasteiger partial charge >= 0.3 is 0 Å². The van der Waals surface area contributed by atoms with Crippen molar-refractivity contribution in [1.82, 2.24) is 0 Å². The zero-order valence-electron chi connectivity index (χ0n) is 10.3. The van der Waals surface area contributed by atoms with Gasteiger partial charge in [0, 0.05) is 6.42 Å². The number of hydrogen-bond acceptors (Lipinski definition) is 3. The first kappa shape index (κ1) is 14.3. The minimum atomic E-state index is -1.25. The lowest BCUT2D eigenvalue weighted by atomic mass is 10.0. The van der Waals surface area contributed by atoms with E-state index < -0.39 is 8.07 Å². The fourth-order valence-corrected chi connectivity index (χ4v) is 4.73. The molecule has 2 heterocycles. The lowest BCUT2D eigenvalue weighted by molar-refractivity contribution is 0.823. The summed E-state index contributed by atoms with van der Waals surface area (Å²) in [6.07, 6.45) is 6.26. The van der Waals surface area contributed by atoms with Crippen molar-refractivity contribution in [3.8, 4) is 12.3 Å². The van der Waals surface area contributed by atoms with Crippen LogP contribution in [0.1, 0.15) is 10.4 Å². The molecule has 0 aliphatic carbocycles. The lowest BCUT2D eigenvalue weighted by Gasteiger charge is -2.13. The molecule has 2 rings (SSSR count). The van der Waals surface area contributed by atoms with E-state index in [9.17, 15) is 0 Å². The summed E-state index contributed by atoms with van der Waals surface area (Å²) < 4.78 is 1.48. The van der Waals surface area contributed by atoms with Crippen molar-refractivity contribution in [3.63, 3.8) is 0 Å². The summed E-state index contributed by atoms with van der Waals surface area (Å²) >= 11 is 1.80. The first-order valence-corrected chi connectivity index (χ1v) is 9.66. The van der Waals surface area contributed by atoms with E-state index in [1.54, 1.807) is 11.3 Å². The van der Waals surface area contributed by atoms with Crippen LogP contribution >= 0.6 is 23.7 Å². The molecular weight excluding hydrogens is 268 g/mol. The highest BCUT2D eigenvalue weighted by Gasteiger charge is 2.26. The third kappa shape index (κ3) is 2.74. The van der Waals surface area contributed by atoms with Gasteiger partial charge in [0.25, 0.3) is 0 Å². The van der Waals surface area contributed by atoms with E-state index in [1.807, 2.05) is 0 Å². The van der Waals surface area contributed by atoms with E-state index >= 15 is 0 Å². The second-order valence-electron chi connectivity index (χ2n) is 5.12. The minimum absolute atomic E-state index is 0. The van der Waals surface area contributed by atoms with E-state index in [4.69, 9.17) is 12.2 Å². The van der Waals surface area contributed by atoms with Gasteiger partial charge in [-0.2, -0.15) is 0 Å². The quantitative estimate of drug-likeness (QED) is 0.622. The zero-order chi connectivity index (χ0) is 11.9. The molecule has 0 aromatic carbocycles. The van der Waals surface area contributed by atoms with E-state index in [0.717, 1.165) is 11.3 Å². The summed E-state index contributed by atoms with van der Waals surface area (Å²) in [5.74, 6) is 3.30. The molecule has 0 radical (unpaired) electrons. The third-order valence-electron chi connectivity index (χ3n) is 2.68. The van der Waals surface area contributed by atoms with Crippen molar-refractivity contribution in [3.05, 3.63) is 16.5 Å². The molecule has 0 saturated heterocycles. The Hall–Kier alpha value is -0.763. The number of terminal acetylenes is 1. The first-order chi connectivity index (χ1) is 7.41. The lowest BCUT2D eigenvalue weighted by Crippen LogP contribution is -2.34. The fraction of sp³-hybridized carbons (Fsp3) is 0.417. The predicted molar refractivity (Wildman–Crippen MR) is 81.6 cm³/mol. The molecule has 1 aromatic rings. The van der Waals surface area contributed by atoms with Gasteiger partial charge in [-0.15, -0.1) is 30.2 Å². The molecule has 5 heteroatoms. The molecule has 1 unspecified atom stereocenters. The Labute approximate surface area is 114 Å². The van der Waals surface area contributed by atoms with Crippen molar-refractivity contribution in [2.45, 2.75) is 32.1 Å². The number of halogens is 1. The van der Waals surface area contributed by atoms with E-state index in [0.29, 0.717) is 5.84 Å². The number of rotatable bonds is 1. The Morgan fingerprint density at radius 2 is 2.18 bits per heavy atom. The number of nitrogens with two attached hydrogens (primary N) is 1. The van der Waals surface area contributed by atoms with Crippen LogP contribution < -0.4 is 10.2 Å². The van der Waals surface area contributed by atoms with Crippen LogP contribution in [0.5, 0.6) is 0 Å². The molecule has 1 atom stereocenters. The van der Waals surface area contributed by atoms with Crippen LogP contribution in [0.3, 0.4) is 0 Å². The van der Waals surface area contributed by atoms with Gasteiger partial charge in [-0.3, -0.25) is 4.99 Å². The standard InChI is InChI=1S/C12H16N2SSi.ClH/c1-5-9-6-8-7-10(16(2,3)4)15-11(8)12(13)14-9;/h1,7,9H,6H2,2-4H3,(H2,13,14);1H. The number of fused-ring (bicyclic) bond motifs is 1. The number of aliphatic imine (C=N–C) groups is 1. The number of thiophene rings is 1. The predicted octanol–water partition coefficient (Wildman–Crippen LogP) is 1.98. The monoisotopic (exact) mass is 284 g/mol. The summed E-state index contributed by atoms with van der Waals surface area (Å²) in [5.41, 5.74) is 7.24. The second-order valence-corrected chi connectivity index (χ2v) is 11.6. The van der Waals surface area contributed by atoms with E-state index in [-0.39, 0.29) is 18.4 Å². The molecule has 92 valence electrons. The molecule has 17 heavy (non-hydrogen) atoms. The number of amidine groups is 1. The molecule has 0 bridgehead atoms. The van der Waals surface area contributed by atoms with Crippen molar-refractivity contribution >= 4 is 42.2 Å². The highest BCUT2D eigenvalue weighted by molar-refractivity contribution is 7.27. The van der Waals surface area contributed by atoms with Crippen molar-refractivity contribution in [2.24, 2.45) is 10.7 Å². The minimum Gasteiger partial charge on any atom is -0.383 e. The van der Waals surface area contributed by atoms with Crippen molar-refractivity contribution < 1.29 is 0 Å². The molecule has 2 N–H and O–H groups in total. The molecule has 2 nitrogen and oxygen atoms in total. The molecule has 1 aromatic heterocycles. The molecule has 0 fully saturated rings. The first-order valence-electron chi connectivity index (χ1n) is 5.35. The largest absolute Gasteiger partial charge is 0.383 e. The highest BCUT2D eigenvalue weighted by Crippen LogP contribution is 2.24. The summed E-state index contributed by atoms with van der Waals surface area (Å²) in [6, 6.07) is 2.22. The topological polar surface area (TPSA) is 38.4 Å². The summed E-state index contributed by atoms with van der Waals surface area (Å²) in [7, 11) is -1.25. The average Bonchev–Trinajstić information content (AvgIpc) is 2.61. The van der Waals surface area contributed by atoms with Crippen molar-refractivity contribution in [2.75, 3.05) is 0 Å². The Bertz CT molecular complexity index is 494. The molecular formula is C12H17ClN2SSi. The molecule has 1 aliphatic heterocycles. The normalized spacial score (nSPS) is 18.7. The Kier molecular flexibility index (Phi) is 4.08. The van der Waals surface area contributed by atoms with Gasteiger partial charge in [0.05, 0.1) is 13.0 Å². The zero-order valence-corrected chi connectivity index (χ0v) is 12.9. The van der Waals surface area contributed by atoms with Crippen LogP contribution in [-0.2, 0) is 6.42 Å². The molecule has 0 saturated carbocycles. The van der Waals surface area contributed by atoms with Gasteiger partial charge in [-0.25, -0.2) is 0 Å². The van der Waals surface area contributed by atoms with Crippen LogP contribution in [0.4, 0.5) is 0 Å². The van der Waals surface area contributed by atoms with Gasteiger partial charge in [0.1, 0.15) is 11.9 Å². The van der Waals surface area contributed by atoms with Gasteiger partial charge in [0.2, 0.25) is 0 Å². The highest BCUT2D eigenvalue weighted by atomic mass is 35.5. The number of hydrogen-bond donors (Lipinski definition) is 1. The fourth-order valence-electron chi connectivity index (χ4n) is 1.74. The maximum atomic E-state index is 5.95. The van der Waals surface area contributed by atoms with Crippen LogP contribution in [0.2, 0.25) is 19.6 Å². The van der Waals surface area contributed by atoms with Crippen LogP contribution in [0, 0.1) is 12.3 Å². The maximum Gasteiger partial charge on any atom is 0.137 e. The van der Waals surface area contributed by atoms with Crippen LogP contribution in [0.25, 0.3) is 0 Å². The van der Waals surface area contributed by atoms with Crippen molar-refractivity contribution in [1.29, 1.82) is 0 Å². The Balaban J connectivity index is 0.00000144. The second kappa shape index (κ2) is 4.85. The summed E-state index contributed by atoms with van der Waals surface area (Å²) in [6.45, 7) is 7.03. The van der Waals surface area contributed by atoms with Gasteiger partial charge < -0.3 is 5.73 Å². The van der Waals surface area contributed by atoms with Gasteiger partial charge in [-0.05, 0) is 16.1 Å². The molecule has 0 spiro atoms. The molecule has 0 amide bonds. The van der Waals surface area contributed by atoms with E-state index in [2.05, 4.69) is 36.6 Å². The van der Waals surface area contributed by atoms with Gasteiger partial charge in [-0.1, -0.05) is 25.6 Å². The van der Waals surface area contributed by atoms with Gasteiger partial charge in [0.15, 0.2) is 0 Å². The Morgan fingerprint density at radius 3 is 2.71 bits per heavy atom. The number of nitrogens with zero attached hydrogens (tertiary/aromatic N) is 1. The SMILES string of the molecule is C#CC1Cc2cc([Si](C)(C)C)sc2C(N)=N1.Cl. The average molecular weight is 285 g/mol. The van der Waals surface area contributed by atoms with E-state index in [1.165, 1.54) is 10.1 Å². The summed E-state index contributed by atoms with van der Waals surface area (Å²) in [4.78, 5) is 5.46. The molecule has 1 aliphatic rings. The van der Waals surface area contributed by atoms with Crippen LogP contribution in [0.15, 0.2) is 11.1 Å².